The number of hydrogen-bond acceptors (Lipinski definition) is 1. The van der Waals surface area contributed by atoms with Crippen molar-refractivity contribution in [2.75, 3.05) is 4.90 Å². The van der Waals surface area contributed by atoms with E-state index in [0.29, 0.717) is 0 Å². The summed E-state index contributed by atoms with van der Waals surface area (Å²) in [5.74, 6) is 0.179. The van der Waals surface area contributed by atoms with E-state index in [-0.39, 0.29) is 5.92 Å². The van der Waals surface area contributed by atoms with Gasteiger partial charge in [0.2, 0.25) is 0 Å². The van der Waals surface area contributed by atoms with E-state index in [4.69, 9.17) is 0 Å². The Balaban J connectivity index is 1.06. The van der Waals surface area contributed by atoms with E-state index >= 15 is 0 Å². The number of aromatic nitrogens is 1. The van der Waals surface area contributed by atoms with Crippen LogP contribution >= 0.6 is 0 Å². The molecule has 7 aromatic carbocycles. The van der Waals surface area contributed by atoms with Crippen molar-refractivity contribution in [2.45, 2.75) is 25.2 Å². The second-order valence-corrected chi connectivity index (χ2v) is 15.8. The lowest BCUT2D eigenvalue weighted by atomic mass is 9.76. The van der Waals surface area contributed by atoms with E-state index < -0.39 is 0 Å². The molecule has 1 heterocycles. The number of rotatable bonds is 8. The molecule has 11 rings (SSSR count). The molecule has 0 amide bonds. The van der Waals surface area contributed by atoms with Crippen LogP contribution in [0.5, 0.6) is 0 Å². The van der Waals surface area contributed by atoms with Gasteiger partial charge in [0.05, 0.1) is 17.1 Å². The Kier molecular flexibility index (Phi) is 9.06. The number of allylic oxidation sites excluding steroid dienone is 5. The van der Waals surface area contributed by atoms with Crippen LogP contribution in [-0.4, -0.2) is 4.57 Å². The summed E-state index contributed by atoms with van der Waals surface area (Å²) < 4.78 is 2.45. The summed E-state index contributed by atoms with van der Waals surface area (Å²) in [6.07, 6.45) is 13.8. The van der Waals surface area contributed by atoms with E-state index in [0.717, 1.165) is 42.0 Å². The molecule has 1 aromatic heterocycles. The van der Waals surface area contributed by atoms with Crippen LogP contribution in [0.1, 0.15) is 40.3 Å². The predicted octanol–water partition coefficient (Wildman–Crippen LogP) is 15.0. The first-order chi connectivity index (χ1) is 29.8. The van der Waals surface area contributed by atoms with E-state index in [1.165, 1.54) is 72.6 Å². The first-order valence-corrected chi connectivity index (χ1v) is 21.0. The average molecular weight is 767 g/mol. The molecule has 0 saturated carbocycles. The minimum atomic E-state index is 0.179. The molecule has 60 heavy (non-hydrogen) atoms. The van der Waals surface area contributed by atoms with Crippen molar-refractivity contribution in [3.05, 3.63) is 246 Å². The van der Waals surface area contributed by atoms with Crippen LogP contribution in [0, 0.1) is 0 Å². The Morgan fingerprint density at radius 3 is 1.93 bits per heavy atom. The smallest absolute Gasteiger partial charge is 0.0973 e. The van der Waals surface area contributed by atoms with Crippen molar-refractivity contribution < 1.29 is 0 Å². The number of hydrogen-bond donors (Lipinski definition) is 0. The quantitative estimate of drug-likeness (QED) is 0.140. The first kappa shape index (κ1) is 35.6. The van der Waals surface area contributed by atoms with Crippen LogP contribution in [-0.2, 0) is 12.8 Å². The highest BCUT2D eigenvalue weighted by Gasteiger charge is 2.35. The third-order valence-corrected chi connectivity index (χ3v) is 12.3. The van der Waals surface area contributed by atoms with Gasteiger partial charge >= 0.3 is 0 Å². The summed E-state index contributed by atoms with van der Waals surface area (Å²) in [5.41, 5.74) is 27.8. The summed E-state index contributed by atoms with van der Waals surface area (Å²) in [6.45, 7) is 0. The molecule has 0 saturated heterocycles. The van der Waals surface area contributed by atoms with E-state index in [1.54, 1.807) is 0 Å². The molecule has 2 heteroatoms. The highest BCUT2D eigenvalue weighted by molar-refractivity contribution is 5.87. The Labute approximate surface area is 352 Å². The molecule has 0 aliphatic heterocycles. The molecule has 0 spiro atoms. The third-order valence-electron chi connectivity index (χ3n) is 12.3. The van der Waals surface area contributed by atoms with Crippen molar-refractivity contribution in [1.29, 1.82) is 0 Å². The normalized spacial score (nSPS) is 14.6. The predicted molar refractivity (Wildman–Crippen MR) is 251 cm³/mol. The zero-order valence-corrected chi connectivity index (χ0v) is 33.3. The number of anilines is 3. The molecule has 3 aliphatic carbocycles. The van der Waals surface area contributed by atoms with Crippen LogP contribution in [0.2, 0.25) is 0 Å². The van der Waals surface area contributed by atoms with Crippen molar-refractivity contribution in [1.82, 2.24) is 4.57 Å². The standard InChI is InChI=1S/C58H42N2/c1-4-18-41(19-5-1)44-23-16-27-49(38-44)59(48-36-34-43(35-37-48)52-30-13-12-29-51(52)42-20-6-2-7-21-42)50-28-17-24-45(39-50)55-40-46-22-10-11-31-53(46)58-57(55)54-32-14-15-33-56(54)60(58)47-25-8-3-9-26-47/h1-8,10-13,15-25,27-31,33-39,55H,14,32,40H2. The lowest BCUT2D eigenvalue weighted by molar-refractivity contribution is 0.777. The summed E-state index contributed by atoms with van der Waals surface area (Å²) >= 11 is 0. The van der Waals surface area contributed by atoms with Crippen molar-refractivity contribution in [3.8, 4) is 44.6 Å². The molecule has 1 atom stereocenters. The van der Waals surface area contributed by atoms with E-state index in [1.807, 2.05) is 6.08 Å². The lowest BCUT2D eigenvalue weighted by Crippen LogP contribution is -2.16. The van der Waals surface area contributed by atoms with Gasteiger partial charge in [0, 0.05) is 28.5 Å². The van der Waals surface area contributed by atoms with Gasteiger partial charge < -0.3 is 9.47 Å². The van der Waals surface area contributed by atoms with Gasteiger partial charge in [0.25, 0.3) is 0 Å². The number of nitrogens with zero attached hydrogens (tertiary/aromatic N) is 2. The fourth-order valence-electron chi connectivity index (χ4n) is 9.60. The first-order valence-electron chi connectivity index (χ1n) is 21.0. The van der Waals surface area contributed by atoms with Crippen LogP contribution in [0.4, 0.5) is 17.1 Å². The maximum Gasteiger partial charge on any atom is 0.0973 e. The van der Waals surface area contributed by atoms with Gasteiger partial charge in [-0.3, -0.25) is 0 Å². The van der Waals surface area contributed by atoms with Crippen LogP contribution in [0.3, 0.4) is 0 Å². The average Bonchev–Trinajstić information content (AvgIpc) is 3.68. The van der Waals surface area contributed by atoms with Gasteiger partial charge in [-0.2, -0.15) is 0 Å². The summed E-state index contributed by atoms with van der Waals surface area (Å²) in [7, 11) is 0. The second kappa shape index (κ2) is 15.3. The second-order valence-electron chi connectivity index (χ2n) is 15.8. The molecule has 0 radical (unpaired) electrons. The molecule has 1 unspecified atom stereocenters. The molecular formula is C58H42N2. The van der Waals surface area contributed by atoms with E-state index in [2.05, 4.69) is 227 Å². The molecule has 2 nitrogen and oxygen atoms in total. The fraction of sp³-hybridized carbons (Fsp3) is 0.0690. The Bertz CT molecular complexity index is 3070. The molecular weight excluding hydrogens is 725 g/mol. The molecule has 3 aliphatic rings. The SMILES string of the molecule is C1=C=C(n2c3c(c4c2-c2ccccc2CC4c2cccc(N(c4ccc(-c5ccccc5-c5ccccc5)cc4)c4cccc(-c5ccccc5)c4)c2)CCC=C3)C=CC=1. The number of fused-ring (bicyclic) bond motifs is 5. The van der Waals surface area contributed by atoms with Gasteiger partial charge in [-0.25, -0.2) is 0 Å². The molecule has 0 N–H and O–H groups in total. The highest BCUT2D eigenvalue weighted by Crippen LogP contribution is 2.50. The monoisotopic (exact) mass is 766 g/mol. The van der Waals surface area contributed by atoms with Crippen LogP contribution < -0.4 is 4.90 Å². The summed E-state index contributed by atoms with van der Waals surface area (Å²) in [5, 5.41) is 0. The zero-order chi connectivity index (χ0) is 39.8. The van der Waals surface area contributed by atoms with E-state index in [9.17, 15) is 0 Å². The summed E-state index contributed by atoms with van der Waals surface area (Å²) in [4.78, 5) is 2.43. The maximum atomic E-state index is 3.46. The molecule has 0 bridgehead atoms. The van der Waals surface area contributed by atoms with Gasteiger partial charge in [-0.05, 0) is 135 Å². The number of benzene rings is 7. The van der Waals surface area contributed by atoms with Crippen LogP contribution in [0.15, 0.2) is 218 Å². The molecule has 8 aromatic rings. The molecule has 284 valence electrons. The topological polar surface area (TPSA) is 8.17 Å². The Morgan fingerprint density at radius 2 is 1.18 bits per heavy atom. The fourth-order valence-corrected chi connectivity index (χ4v) is 9.60. The van der Waals surface area contributed by atoms with Gasteiger partial charge in [0.1, 0.15) is 0 Å². The maximum absolute atomic E-state index is 3.46. The largest absolute Gasteiger partial charge is 0.310 e. The van der Waals surface area contributed by atoms with Gasteiger partial charge in [-0.1, -0.05) is 163 Å². The highest BCUT2D eigenvalue weighted by atomic mass is 15.1. The van der Waals surface area contributed by atoms with Crippen molar-refractivity contribution >= 4 is 28.8 Å². The molecule has 0 fully saturated rings. The van der Waals surface area contributed by atoms with Crippen LogP contribution in [0.25, 0.3) is 56.4 Å². The van der Waals surface area contributed by atoms with Crippen molar-refractivity contribution in [2.24, 2.45) is 0 Å². The minimum absolute atomic E-state index is 0.179. The summed E-state index contributed by atoms with van der Waals surface area (Å²) in [6, 6.07) is 66.5. The Morgan fingerprint density at radius 1 is 0.533 bits per heavy atom. The third kappa shape index (κ3) is 6.33. The van der Waals surface area contributed by atoms with Gasteiger partial charge in [-0.15, -0.1) is 0 Å². The van der Waals surface area contributed by atoms with Gasteiger partial charge in [0.15, 0.2) is 0 Å². The van der Waals surface area contributed by atoms with Crippen molar-refractivity contribution in [3.63, 3.8) is 0 Å². The zero-order valence-electron chi connectivity index (χ0n) is 33.3. The lowest BCUT2D eigenvalue weighted by Gasteiger charge is -2.30. The Hall–Kier alpha value is -7.60. The minimum Gasteiger partial charge on any atom is -0.310 e.